The molecule has 2 aromatic carbocycles. The van der Waals surface area contributed by atoms with Crippen LogP contribution in [0, 0.1) is 5.82 Å². The predicted octanol–water partition coefficient (Wildman–Crippen LogP) is 6.50. The summed E-state index contributed by atoms with van der Waals surface area (Å²) >= 11 is 18.7. The number of carbonyl (C=O) groups is 1. The summed E-state index contributed by atoms with van der Waals surface area (Å²) < 4.78 is 25.0. The van der Waals surface area contributed by atoms with Crippen LogP contribution >= 0.6 is 47.2 Å². The molecule has 1 heterocycles. The Morgan fingerprint density at radius 1 is 1.23 bits per heavy atom. The van der Waals surface area contributed by atoms with E-state index < -0.39 is 5.82 Å². The van der Waals surface area contributed by atoms with E-state index in [1.807, 2.05) is 6.92 Å². The van der Waals surface area contributed by atoms with Gasteiger partial charge in [0.15, 0.2) is 15.8 Å². The number of hydrogen-bond donors (Lipinski definition) is 0. The number of carbonyl (C=O) groups excluding carboxylic acids is 1. The zero-order valence-electron chi connectivity index (χ0n) is 15.8. The molecular formula is C21H16Cl2FNO3S2. The van der Waals surface area contributed by atoms with Crippen LogP contribution in [0.15, 0.2) is 47.9 Å². The van der Waals surface area contributed by atoms with Gasteiger partial charge in [-0.05, 0) is 48.9 Å². The summed E-state index contributed by atoms with van der Waals surface area (Å²) in [6.07, 6.45) is 3.27. The van der Waals surface area contributed by atoms with Gasteiger partial charge in [0.2, 0.25) is 0 Å². The lowest BCUT2D eigenvalue weighted by molar-refractivity contribution is -0.113. The molecule has 2 aromatic rings. The maximum atomic E-state index is 13.5. The number of anilines is 1. The number of nitrogens with zero attached hydrogens (tertiary/aromatic N) is 1. The predicted molar refractivity (Wildman–Crippen MR) is 125 cm³/mol. The molecule has 0 unspecified atom stereocenters. The molecule has 1 aliphatic rings. The Bertz CT molecular complexity index is 1060. The highest BCUT2D eigenvalue weighted by Gasteiger charge is 2.33. The number of thiocarbonyl (C=S) groups is 1. The summed E-state index contributed by atoms with van der Waals surface area (Å²) in [7, 11) is 0. The molecule has 0 N–H and O–H groups in total. The molecule has 0 bridgehead atoms. The first kappa shape index (κ1) is 22.6. The smallest absolute Gasteiger partial charge is 0.270 e. The van der Waals surface area contributed by atoms with Crippen LogP contribution in [0.3, 0.4) is 0 Å². The molecule has 0 spiro atoms. The van der Waals surface area contributed by atoms with Gasteiger partial charge in [-0.3, -0.25) is 9.69 Å². The molecule has 1 aliphatic heterocycles. The number of hydrogen-bond acceptors (Lipinski definition) is 5. The minimum Gasteiger partial charge on any atom is -0.490 e. The lowest BCUT2D eigenvalue weighted by atomic mass is 10.1. The number of halogens is 3. The fourth-order valence-electron chi connectivity index (χ4n) is 2.68. The minimum atomic E-state index is -0.571. The third-order valence-corrected chi connectivity index (χ3v) is 5.80. The van der Waals surface area contributed by atoms with Crippen molar-refractivity contribution < 1.29 is 18.7 Å². The average molecular weight is 484 g/mol. The highest BCUT2D eigenvalue weighted by Crippen LogP contribution is 2.40. The van der Waals surface area contributed by atoms with Crippen molar-refractivity contribution >= 4 is 69.2 Å². The van der Waals surface area contributed by atoms with Crippen LogP contribution in [-0.2, 0) is 4.79 Å². The first-order valence-electron chi connectivity index (χ1n) is 8.78. The van der Waals surface area contributed by atoms with Crippen molar-refractivity contribution in [1.82, 2.24) is 0 Å². The summed E-state index contributed by atoms with van der Waals surface area (Å²) in [6, 6.07) is 7.40. The fraction of sp³-hybridized carbons (Fsp3) is 0.143. The Labute approximate surface area is 193 Å². The van der Waals surface area contributed by atoms with Crippen molar-refractivity contribution in [2.24, 2.45) is 0 Å². The van der Waals surface area contributed by atoms with Gasteiger partial charge in [0.25, 0.3) is 5.91 Å². The van der Waals surface area contributed by atoms with Gasteiger partial charge in [0.05, 0.1) is 27.2 Å². The maximum absolute atomic E-state index is 13.5. The standard InChI is InChI=1S/C21H16Cl2FNO3S2/c1-3-7-28-19-15(23)8-12(9-17(19)27-4-2)10-18-20(26)25(21(29)30-18)13-5-6-16(24)14(22)11-13/h3,5-6,8-11H,1,4,7H2,2H3/b18-10+. The van der Waals surface area contributed by atoms with E-state index in [9.17, 15) is 9.18 Å². The SMILES string of the molecule is C=CCOc1c(Cl)cc(/C=C2/SC(=S)N(c3ccc(F)c(Cl)c3)C2=O)cc1OCC. The lowest BCUT2D eigenvalue weighted by Gasteiger charge is -2.15. The van der Waals surface area contributed by atoms with E-state index >= 15 is 0 Å². The van der Waals surface area contributed by atoms with Crippen LogP contribution in [0.5, 0.6) is 11.5 Å². The Balaban J connectivity index is 1.94. The molecule has 1 amide bonds. The molecule has 9 heteroatoms. The van der Waals surface area contributed by atoms with Crippen molar-refractivity contribution in [2.75, 3.05) is 18.1 Å². The van der Waals surface area contributed by atoms with Crippen LogP contribution in [0.1, 0.15) is 12.5 Å². The third kappa shape index (κ3) is 4.81. The number of benzene rings is 2. The molecule has 1 saturated heterocycles. The average Bonchev–Trinajstić information content (AvgIpc) is 2.97. The molecule has 0 aliphatic carbocycles. The Morgan fingerprint density at radius 2 is 2.00 bits per heavy atom. The van der Waals surface area contributed by atoms with Gasteiger partial charge in [-0.2, -0.15) is 0 Å². The maximum Gasteiger partial charge on any atom is 0.270 e. The van der Waals surface area contributed by atoms with E-state index in [4.69, 9.17) is 44.9 Å². The first-order chi connectivity index (χ1) is 14.3. The van der Waals surface area contributed by atoms with Crippen molar-refractivity contribution in [3.63, 3.8) is 0 Å². The second-order valence-electron chi connectivity index (χ2n) is 5.98. The quantitative estimate of drug-likeness (QED) is 0.255. The molecule has 1 fully saturated rings. The summed E-state index contributed by atoms with van der Waals surface area (Å²) in [5, 5.41) is 0.253. The fourth-order valence-corrected chi connectivity index (χ4v) is 4.43. The molecule has 0 radical (unpaired) electrons. The summed E-state index contributed by atoms with van der Waals surface area (Å²) in [4.78, 5) is 14.6. The van der Waals surface area contributed by atoms with Gasteiger partial charge in [-0.25, -0.2) is 4.39 Å². The molecular weight excluding hydrogens is 468 g/mol. The molecule has 4 nitrogen and oxygen atoms in total. The second-order valence-corrected chi connectivity index (χ2v) is 8.47. The highest BCUT2D eigenvalue weighted by atomic mass is 35.5. The highest BCUT2D eigenvalue weighted by molar-refractivity contribution is 8.27. The monoisotopic (exact) mass is 483 g/mol. The van der Waals surface area contributed by atoms with Crippen molar-refractivity contribution in [3.05, 3.63) is 69.3 Å². The van der Waals surface area contributed by atoms with E-state index in [1.165, 1.54) is 23.1 Å². The number of ether oxygens (including phenoxy) is 2. The van der Waals surface area contributed by atoms with Crippen molar-refractivity contribution in [3.8, 4) is 11.5 Å². The zero-order valence-corrected chi connectivity index (χ0v) is 18.9. The van der Waals surface area contributed by atoms with E-state index in [1.54, 1.807) is 24.3 Å². The molecule has 0 aromatic heterocycles. The summed E-state index contributed by atoms with van der Waals surface area (Å²) in [6.45, 7) is 6.15. The van der Waals surface area contributed by atoms with Crippen LogP contribution in [0.4, 0.5) is 10.1 Å². The number of thioether (sulfide) groups is 1. The Kier molecular flexibility index (Phi) is 7.41. The first-order valence-corrected chi connectivity index (χ1v) is 10.8. The van der Waals surface area contributed by atoms with Gasteiger partial charge in [0.1, 0.15) is 12.4 Å². The van der Waals surface area contributed by atoms with Gasteiger partial charge in [0, 0.05) is 0 Å². The largest absolute Gasteiger partial charge is 0.490 e. The van der Waals surface area contributed by atoms with E-state index in [2.05, 4.69) is 6.58 Å². The van der Waals surface area contributed by atoms with Gasteiger partial charge in [-0.15, -0.1) is 0 Å². The summed E-state index contributed by atoms with van der Waals surface area (Å²) in [5.74, 6) is -0.0463. The molecule has 0 atom stereocenters. The van der Waals surface area contributed by atoms with Gasteiger partial charge < -0.3 is 9.47 Å². The van der Waals surface area contributed by atoms with Gasteiger partial charge in [-0.1, -0.05) is 59.8 Å². The van der Waals surface area contributed by atoms with Crippen LogP contribution in [0.25, 0.3) is 6.08 Å². The van der Waals surface area contributed by atoms with Crippen LogP contribution in [0.2, 0.25) is 10.0 Å². The van der Waals surface area contributed by atoms with Crippen LogP contribution < -0.4 is 14.4 Å². The molecule has 156 valence electrons. The van der Waals surface area contributed by atoms with E-state index in [0.717, 1.165) is 11.8 Å². The third-order valence-electron chi connectivity index (χ3n) is 3.93. The lowest BCUT2D eigenvalue weighted by Crippen LogP contribution is -2.27. The van der Waals surface area contributed by atoms with Crippen molar-refractivity contribution in [2.45, 2.75) is 6.92 Å². The summed E-state index contributed by atoms with van der Waals surface area (Å²) in [5.41, 5.74) is 1.04. The Hall–Kier alpha value is -2.06. The topological polar surface area (TPSA) is 38.8 Å². The Morgan fingerprint density at radius 3 is 2.67 bits per heavy atom. The molecule has 0 saturated carbocycles. The van der Waals surface area contributed by atoms with Gasteiger partial charge >= 0.3 is 0 Å². The molecule has 30 heavy (non-hydrogen) atoms. The minimum absolute atomic E-state index is 0.0891. The van der Waals surface area contributed by atoms with Crippen molar-refractivity contribution in [1.29, 1.82) is 0 Å². The second kappa shape index (κ2) is 9.83. The normalized spacial score (nSPS) is 15.1. The van der Waals surface area contributed by atoms with Crippen LogP contribution in [-0.4, -0.2) is 23.4 Å². The van der Waals surface area contributed by atoms with E-state index in [-0.39, 0.29) is 17.5 Å². The number of amides is 1. The molecule has 3 rings (SSSR count). The van der Waals surface area contributed by atoms with E-state index in [0.29, 0.717) is 43.6 Å². The number of rotatable bonds is 7. The zero-order chi connectivity index (χ0) is 21.8.